The van der Waals surface area contributed by atoms with Crippen LogP contribution in [0.3, 0.4) is 0 Å². The van der Waals surface area contributed by atoms with Crippen molar-refractivity contribution in [1.82, 2.24) is 24.7 Å². The third-order valence-electron chi connectivity index (χ3n) is 3.13. The average Bonchev–Trinajstić information content (AvgIpc) is 3.16. The first kappa shape index (κ1) is 11.6. The van der Waals surface area contributed by atoms with Gasteiger partial charge in [0.05, 0.1) is 5.56 Å². The lowest BCUT2D eigenvalue weighted by Gasteiger charge is -1.95. The van der Waals surface area contributed by atoms with Crippen LogP contribution >= 0.6 is 0 Å². The van der Waals surface area contributed by atoms with Gasteiger partial charge < -0.3 is 4.52 Å². The van der Waals surface area contributed by atoms with Crippen LogP contribution in [0.2, 0.25) is 0 Å². The second-order valence-electron chi connectivity index (χ2n) is 4.43. The molecule has 0 unspecified atom stereocenters. The average molecular weight is 279 g/mol. The molecule has 102 valence electrons. The normalized spacial score (nSPS) is 11.0. The first-order valence-corrected chi connectivity index (χ1v) is 6.28. The first-order valence-electron chi connectivity index (χ1n) is 6.28. The van der Waals surface area contributed by atoms with E-state index >= 15 is 0 Å². The molecule has 0 amide bonds. The molecule has 1 N–H and O–H groups in total. The molecular weight excluding hydrogens is 270 g/mol. The zero-order valence-corrected chi connectivity index (χ0v) is 10.7. The van der Waals surface area contributed by atoms with E-state index in [0.29, 0.717) is 22.9 Å². The summed E-state index contributed by atoms with van der Waals surface area (Å²) >= 11 is 0. The molecule has 7 heteroatoms. The maximum atomic E-state index is 11.6. The van der Waals surface area contributed by atoms with E-state index in [1.165, 1.54) is 4.40 Å². The minimum Gasteiger partial charge on any atom is -0.333 e. The summed E-state index contributed by atoms with van der Waals surface area (Å²) < 4.78 is 6.68. The fourth-order valence-electron chi connectivity index (χ4n) is 2.14. The minimum absolute atomic E-state index is 0.311. The molecule has 0 saturated carbocycles. The van der Waals surface area contributed by atoms with Crippen molar-refractivity contribution in [3.63, 3.8) is 0 Å². The zero-order chi connectivity index (χ0) is 14.2. The number of aromatic nitrogens is 5. The maximum Gasteiger partial charge on any atom is 0.347 e. The number of aromatic amines is 1. The lowest BCUT2D eigenvalue weighted by Crippen LogP contribution is -2.08. The van der Waals surface area contributed by atoms with E-state index in [0.717, 1.165) is 5.56 Å². The van der Waals surface area contributed by atoms with Gasteiger partial charge in [0, 0.05) is 11.8 Å². The van der Waals surface area contributed by atoms with Gasteiger partial charge in [0.25, 0.3) is 5.89 Å². The number of benzene rings is 1. The monoisotopic (exact) mass is 279 g/mol. The molecule has 0 aliphatic heterocycles. The Morgan fingerprint density at radius 1 is 1.10 bits per heavy atom. The van der Waals surface area contributed by atoms with Crippen LogP contribution in [-0.4, -0.2) is 24.7 Å². The molecular formula is C14H9N5O2. The van der Waals surface area contributed by atoms with E-state index in [-0.39, 0.29) is 5.69 Å². The van der Waals surface area contributed by atoms with Crippen molar-refractivity contribution >= 4 is 5.65 Å². The van der Waals surface area contributed by atoms with Crippen LogP contribution in [0.1, 0.15) is 0 Å². The van der Waals surface area contributed by atoms with Gasteiger partial charge in [0.2, 0.25) is 5.82 Å². The van der Waals surface area contributed by atoms with Crippen molar-refractivity contribution < 1.29 is 4.52 Å². The van der Waals surface area contributed by atoms with Crippen molar-refractivity contribution in [2.75, 3.05) is 0 Å². The number of nitrogens with one attached hydrogen (secondary N) is 1. The van der Waals surface area contributed by atoms with Crippen LogP contribution in [0.5, 0.6) is 0 Å². The third-order valence-corrected chi connectivity index (χ3v) is 3.13. The lowest BCUT2D eigenvalue weighted by atomic mass is 10.2. The van der Waals surface area contributed by atoms with Crippen LogP contribution in [-0.2, 0) is 0 Å². The maximum absolute atomic E-state index is 11.6. The Bertz CT molecular complexity index is 968. The second-order valence-corrected chi connectivity index (χ2v) is 4.43. The Labute approximate surface area is 117 Å². The highest BCUT2D eigenvalue weighted by molar-refractivity contribution is 5.72. The van der Waals surface area contributed by atoms with Gasteiger partial charge in [-0.2, -0.15) is 10.1 Å². The Morgan fingerprint density at radius 3 is 2.81 bits per heavy atom. The first-order chi connectivity index (χ1) is 10.3. The van der Waals surface area contributed by atoms with Crippen molar-refractivity contribution in [1.29, 1.82) is 0 Å². The van der Waals surface area contributed by atoms with Crippen LogP contribution in [0.4, 0.5) is 0 Å². The van der Waals surface area contributed by atoms with Gasteiger partial charge >= 0.3 is 5.69 Å². The SMILES string of the molecule is O=c1[nH]nc2c(-c3nc(-c4ccccc4)no3)cccn12. The summed E-state index contributed by atoms with van der Waals surface area (Å²) in [5.74, 6) is 0.809. The molecule has 1 aromatic carbocycles. The summed E-state index contributed by atoms with van der Waals surface area (Å²) in [6, 6.07) is 13.0. The molecule has 0 atom stereocenters. The molecule has 7 nitrogen and oxygen atoms in total. The molecule has 0 bridgehead atoms. The van der Waals surface area contributed by atoms with E-state index < -0.39 is 0 Å². The topological polar surface area (TPSA) is 89.1 Å². The van der Waals surface area contributed by atoms with Crippen LogP contribution in [0.15, 0.2) is 58.0 Å². The molecule has 0 saturated heterocycles. The van der Waals surface area contributed by atoms with Crippen molar-refractivity contribution in [2.45, 2.75) is 0 Å². The van der Waals surface area contributed by atoms with Crippen LogP contribution in [0.25, 0.3) is 28.5 Å². The largest absolute Gasteiger partial charge is 0.347 e. The summed E-state index contributed by atoms with van der Waals surface area (Å²) in [7, 11) is 0. The lowest BCUT2D eigenvalue weighted by molar-refractivity contribution is 0.432. The minimum atomic E-state index is -0.311. The van der Waals surface area contributed by atoms with Gasteiger partial charge in [-0.3, -0.25) is 0 Å². The zero-order valence-electron chi connectivity index (χ0n) is 10.7. The van der Waals surface area contributed by atoms with Crippen molar-refractivity contribution in [3.05, 3.63) is 59.1 Å². The molecule has 0 fully saturated rings. The highest BCUT2D eigenvalue weighted by Gasteiger charge is 2.15. The highest BCUT2D eigenvalue weighted by Crippen LogP contribution is 2.23. The number of rotatable bonds is 2. The quantitative estimate of drug-likeness (QED) is 0.603. The van der Waals surface area contributed by atoms with Crippen LogP contribution < -0.4 is 5.69 Å². The van der Waals surface area contributed by atoms with Gasteiger partial charge in [-0.1, -0.05) is 35.5 Å². The predicted octanol–water partition coefficient (Wildman–Crippen LogP) is 1.74. The van der Waals surface area contributed by atoms with Crippen molar-refractivity contribution in [3.8, 4) is 22.8 Å². The van der Waals surface area contributed by atoms with E-state index in [1.54, 1.807) is 18.3 Å². The standard InChI is InChI=1S/C14H9N5O2/c20-14-17-16-12-10(7-4-8-19(12)14)13-15-11(18-21-13)9-5-2-1-3-6-9/h1-8H,(H,17,20). The van der Waals surface area contributed by atoms with E-state index in [9.17, 15) is 4.79 Å². The second kappa shape index (κ2) is 4.41. The Kier molecular flexibility index (Phi) is 2.43. The third kappa shape index (κ3) is 1.83. The number of fused-ring (bicyclic) bond motifs is 1. The fraction of sp³-hybridized carbons (Fsp3) is 0. The van der Waals surface area contributed by atoms with Gasteiger partial charge in [-0.15, -0.1) is 0 Å². The molecule has 0 aliphatic carbocycles. The highest BCUT2D eigenvalue weighted by atomic mass is 16.5. The Hall–Kier alpha value is -3.22. The number of hydrogen-bond acceptors (Lipinski definition) is 5. The van der Waals surface area contributed by atoms with Gasteiger partial charge in [0.1, 0.15) is 0 Å². The van der Waals surface area contributed by atoms with Gasteiger partial charge in [-0.05, 0) is 12.1 Å². The number of H-pyrrole nitrogens is 1. The summed E-state index contributed by atoms with van der Waals surface area (Å²) in [6.07, 6.45) is 1.62. The summed E-state index contributed by atoms with van der Waals surface area (Å²) in [5.41, 5.74) is 1.60. The van der Waals surface area contributed by atoms with Crippen LogP contribution in [0, 0.1) is 0 Å². The van der Waals surface area contributed by atoms with E-state index in [2.05, 4.69) is 20.3 Å². The predicted molar refractivity (Wildman–Crippen MR) is 74.5 cm³/mol. The molecule has 4 aromatic rings. The summed E-state index contributed by atoms with van der Waals surface area (Å²) in [6.45, 7) is 0. The molecule has 0 spiro atoms. The number of nitrogens with zero attached hydrogens (tertiary/aromatic N) is 4. The van der Waals surface area contributed by atoms with Crippen molar-refractivity contribution in [2.24, 2.45) is 0 Å². The Morgan fingerprint density at radius 2 is 1.95 bits per heavy atom. The molecule has 21 heavy (non-hydrogen) atoms. The fourth-order valence-corrected chi connectivity index (χ4v) is 2.14. The van der Waals surface area contributed by atoms with Gasteiger partial charge in [0.15, 0.2) is 5.65 Å². The van der Waals surface area contributed by atoms with E-state index in [1.807, 2.05) is 30.3 Å². The number of hydrogen-bond donors (Lipinski definition) is 1. The summed E-state index contributed by atoms with van der Waals surface area (Å²) in [5, 5.41) is 10.3. The van der Waals surface area contributed by atoms with E-state index in [4.69, 9.17) is 4.52 Å². The molecule has 4 rings (SSSR count). The molecule has 3 heterocycles. The number of pyridine rings is 1. The molecule has 3 aromatic heterocycles. The smallest absolute Gasteiger partial charge is 0.333 e. The Balaban J connectivity index is 1.87. The van der Waals surface area contributed by atoms with Gasteiger partial charge in [-0.25, -0.2) is 14.3 Å². The summed E-state index contributed by atoms with van der Waals surface area (Å²) in [4.78, 5) is 15.9. The molecule has 0 aliphatic rings. The molecule has 0 radical (unpaired) electrons.